The zero-order valence-corrected chi connectivity index (χ0v) is 12.0. The average molecular weight is 253 g/mol. The van der Waals surface area contributed by atoms with Crippen molar-refractivity contribution in [3.63, 3.8) is 0 Å². The number of rotatable bonds is 6. The van der Waals surface area contributed by atoms with E-state index >= 15 is 0 Å². The molecule has 0 fully saturated rings. The summed E-state index contributed by atoms with van der Waals surface area (Å²) in [6, 6.07) is 10.3. The van der Waals surface area contributed by atoms with E-state index in [0.717, 1.165) is 11.3 Å². The molecule has 1 aromatic rings. The van der Waals surface area contributed by atoms with Crippen LogP contribution in [-0.4, -0.2) is 41.6 Å². The highest BCUT2D eigenvalue weighted by molar-refractivity contribution is 7.98. The van der Waals surface area contributed by atoms with Crippen molar-refractivity contribution < 1.29 is 5.11 Å². The van der Waals surface area contributed by atoms with E-state index in [9.17, 15) is 5.11 Å². The fourth-order valence-corrected chi connectivity index (χ4v) is 2.64. The van der Waals surface area contributed by atoms with Crippen molar-refractivity contribution in [2.45, 2.75) is 25.5 Å². The summed E-state index contributed by atoms with van der Waals surface area (Å²) in [6.07, 6.45) is 2.11. The van der Waals surface area contributed by atoms with Gasteiger partial charge in [0.2, 0.25) is 0 Å². The molecule has 17 heavy (non-hydrogen) atoms. The minimum Gasteiger partial charge on any atom is -0.384 e. The first-order valence-corrected chi connectivity index (χ1v) is 7.34. The third-order valence-electron chi connectivity index (χ3n) is 3.11. The van der Waals surface area contributed by atoms with Gasteiger partial charge in [-0.2, -0.15) is 11.8 Å². The van der Waals surface area contributed by atoms with Crippen LogP contribution in [0.2, 0.25) is 0 Å². The fraction of sp³-hybridized carbons (Fsp3) is 0.571. The molecule has 0 radical (unpaired) electrons. The van der Waals surface area contributed by atoms with Crippen LogP contribution in [-0.2, 0) is 5.60 Å². The molecule has 96 valence electrons. The topological polar surface area (TPSA) is 23.5 Å². The summed E-state index contributed by atoms with van der Waals surface area (Å²) in [5.74, 6) is 1.08. The maximum absolute atomic E-state index is 10.5. The number of hydrogen-bond acceptors (Lipinski definition) is 3. The summed E-state index contributed by atoms with van der Waals surface area (Å²) in [4.78, 5) is 2.21. The number of thioether (sulfide) groups is 1. The first-order chi connectivity index (χ1) is 7.97. The second-order valence-corrected chi connectivity index (χ2v) is 5.77. The van der Waals surface area contributed by atoms with Crippen molar-refractivity contribution in [3.05, 3.63) is 35.9 Å². The van der Waals surface area contributed by atoms with E-state index in [1.807, 2.05) is 49.0 Å². The molecule has 1 rings (SSSR count). The summed E-state index contributed by atoms with van der Waals surface area (Å²) in [5.41, 5.74) is 0.186. The van der Waals surface area contributed by atoms with Crippen LogP contribution in [0.4, 0.5) is 0 Å². The van der Waals surface area contributed by atoms with E-state index in [0.29, 0.717) is 12.6 Å². The third-order valence-corrected chi connectivity index (χ3v) is 3.93. The van der Waals surface area contributed by atoms with Gasteiger partial charge in [-0.3, -0.25) is 4.90 Å². The second kappa shape index (κ2) is 6.43. The Hall–Kier alpha value is -0.510. The SMILES string of the molecule is CSCC(C)N(C)CC(C)(O)c1ccccc1. The van der Waals surface area contributed by atoms with Gasteiger partial charge in [0.25, 0.3) is 0 Å². The highest BCUT2D eigenvalue weighted by Crippen LogP contribution is 2.22. The standard InChI is InChI=1S/C14H23NOS/c1-12(10-17-4)15(3)11-14(2,16)13-8-6-5-7-9-13/h5-9,12,16H,10-11H2,1-4H3. The van der Waals surface area contributed by atoms with Gasteiger partial charge in [-0.1, -0.05) is 30.3 Å². The molecule has 0 aliphatic heterocycles. The maximum atomic E-state index is 10.5. The smallest absolute Gasteiger partial charge is 0.0994 e. The molecule has 1 N–H and O–H groups in total. The summed E-state index contributed by atoms with van der Waals surface area (Å²) in [7, 11) is 2.07. The molecule has 3 heteroatoms. The number of nitrogens with zero attached hydrogens (tertiary/aromatic N) is 1. The molecule has 0 spiro atoms. The molecular formula is C14H23NOS. The van der Waals surface area contributed by atoms with Crippen LogP contribution < -0.4 is 0 Å². The van der Waals surface area contributed by atoms with E-state index in [-0.39, 0.29) is 0 Å². The summed E-state index contributed by atoms with van der Waals surface area (Å²) in [6.45, 7) is 4.72. The van der Waals surface area contributed by atoms with E-state index in [1.54, 1.807) is 0 Å². The van der Waals surface area contributed by atoms with Gasteiger partial charge in [0.05, 0.1) is 5.60 Å². The molecule has 0 aromatic heterocycles. The summed E-state index contributed by atoms with van der Waals surface area (Å²) >= 11 is 1.84. The maximum Gasteiger partial charge on any atom is 0.0994 e. The van der Waals surface area contributed by atoms with E-state index in [4.69, 9.17) is 0 Å². The fourth-order valence-electron chi connectivity index (χ4n) is 1.90. The Bertz CT molecular complexity index is 326. The molecule has 0 amide bonds. The quantitative estimate of drug-likeness (QED) is 0.843. The molecule has 1 aromatic carbocycles. The van der Waals surface area contributed by atoms with Gasteiger partial charge in [-0.15, -0.1) is 0 Å². The van der Waals surface area contributed by atoms with Crippen LogP contribution in [0.3, 0.4) is 0 Å². The molecule has 2 nitrogen and oxygen atoms in total. The molecule has 0 aliphatic rings. The van der Waals surface area contributed by atoms with E-state index < -0.39 is 5.60 Å². The monoisotopic (exact) mass is 253 g/mol. The first kappa shape index (κ1) is 14.6. The van der Waals surface area contributed by atoms with Crippen molar-refractivity contribution in [1.29, 1.82) is 0 Å². The average Bonchev–Trinajstić information content (AvgIpc) is 2.30. The third kappa shape index (κ3) is 4.34. The zero-order valence-electron chi connectivity index (χ0n) is 11.2. The predicted octanol–water partition coefficient (Wildman–Crippen LogP) is 2.58. The lowest BCUT2D eigenvalue weighted by Gasteiger charge is -2.33. The zero-order chi connectivity index (χ0) is 12.9. The van der Waals surface area contributed by atoms with Crippen molar-refractivity contribution in [2.24, 2.45) is 0 Å². The Labute approximate surface area is 109 Å². The van der Waals surface area contributed by atoms with Gasteiger partial charge in [-0.05, 0) is 32.7 Å². The minimum absolute atomic E-state index is 0.472. The molecule has 2 atom stereocenters. The Balaban J connectivity index is 2.66. The number of hydrogen-bond donors (Lipinski definition) is 1. The van der Waals surface area contributed by atoms with Crippen LogP contribution in [0, 0.1) is 0 Å². The van der Waals surface area contributed by atoms with Gasteiger partial charge in [0.1, 0.15) is 0 Å². The van der Waals surface area contributed by atoms with E-state index in [2.05, 4.69) is 25.1 Å². The lowest BCUT2D eigenvalue weighted by Crippen LogP contribution is -2.42. The highest BCUT2D eigenvalue weighted by Gasteiger charge is 2.26. The normalized spacial score (nSPS) is 16.8. The van der Waals surface area contributed by atoms with Crippen LogP contribution in [0.1, 0.15) is 19.4 Å². The molecule has 0 heterocycles. The van der Waals surface area contributed by atoms with Gasteiger partial charge in [0.15, 0.2) is 0 Å². The first-order valence-electron chi connectivity index (χ1n) is 5.94. The predicted molar refractivity (Wildman–Crippen MR) is 76.5 cm³/mol. The molecule has 0 aliphatic carbocycles. The number of aliphatic hydroxyl groups is 1. The lowest BCUT2D eigenvalue weighted by molar-refractivity contribution is 0.0160. The van der Waals surface area contributed by atoms with Gasteiger partial charge >= 0.3 is 0 Å². The number of likely N-dealkylation sites (N-methyl/N-ethyl adjacent to an activating group) is 1. The molecule has 0 saturated heterocycles. The molecule has 2 unspecified atom stereocenters. The van der Waals surface area contributed by atoms with Crippen molar-refractivity contribution in [1.82, 2.24) is 4.90 Å². The van der Waals surface area contributed by atoms with Crippen molar-refractivity contribution in [3.8, 4) is 0 Å². The Morgan fingerprint density at radius 2 is 1.94 bits per heavy atom. The largest absolute Gasteiger partial charge is 0.384 e. The Kier molecular flexibility index (Phi) is 5.50. The minimum atomic E-state index is -0.789. The van der Waals surface area contributed by atoms with Crippen LogP contribution in [0.15, 0.2) is 30.3 Å². The van der Waals surface area contributed by atoms with Gasteiger partial charge in [-0.25, -0.2) is 0 Å². The van der Waals surface area contributed by atoms with Crippen LogP contribution in [0.25, 0.3) is 0 Å². The second-order valence-electron chi connectivity index (χ2n) is 4.86. The van der Waals surface area contributed by atoms with Crippen LogP contribution in [0.5, 0.6) is 0 Å². The van der Waals surface area contributed by atoms with E-state index in [1.165, 1.54) is 0 Å². The Morgan fingerprint density at radius 1 is 1.35 bits per heavy atom. The summed E-state index contributed by atoms with van der Waals surface area (Å²) < 4.78 is 0. The lowest BCUT2D eigenvalue weighted by atomic mass is 9.95. The Morgan fingerprint density at radius 3 is 2.47 bits per heavy atom. The molecule has 0 bridgehead atoms. The van der Waals surface area contributed by atoms with Crippen LogP contribution >= 0.6 is 11.8 Å². The molecule has 0 saturated carbocycles. The molecular weight excluding hydrogens is 230 g/mol. The van der Waals surface area contributed by atoms with Crippen molar-refractivity contribution in [2.75, 3.05) is 25.6 Å². The highest BCUT2D eigenvalue weighted by atomic mass is 32.2. The number of benzene rings is 1. The van der Waals surface area contributed by atoms with Crippen molar-refractivity contribution >= 4 is 11.8 Å². The van der Waals surface area contributed by atoms with Gasteiger partial charge in [0, 0.05) is 18.3 Å². The summed E-state index contributed by atoms with van der Waals surface area (Å²) in [5, 5.41) is 10.5. The van der Waals surface area contributed by atoms with Gasteiger partial charge < -0.3 is 5.11 Å².